The Morgan fingerprint density at radius 1 is 1.31 bits per heavy atom. The van der Waals surface area contributed by atoms with Crippen LogP contribution in [0.25, 0.3) is 0 Å². The SMILES string of the molecule is O=C(C(F)F)N(CC1CC1)C1CC1. The standard InChI is InChI=1S/C9H13F2NO/c10-8(11)9(13)12(7-3-4-7)5-6-1-2-6/h6-8H,1-5H2. The highest BCUT2D eigenvalue weighted by atomic mass is 19.3. The zero-order valence-corrected chi connectivity index (χ0v) is 7.38. The molecule has 1 amide bonds. The summed E-state index contributed by atoms with van der Waals surface area (Å²) in [4.78, 5) is 12.5. The molecule has 0 unspecified atom stereocenters. The topological polar surface area (TPSA) is 20.3 Å². The van der Waals surface area contributed by atoms with Gasteiger partial charge >= 0.3 is 6.43 Å². The van der Waals surface area contributed by atoms with Gasteiger partial charge in [0.25, 0.3) is 5.91 Å². The fraction of sp³-hybridized carbons (Fsp3) is 0.889. The zero-order valence-electron chi connectivity index (χ0n) is 7.38. The number of nitrogens with zero attached hydrogens (tertiary/aromatic N) is 1. The molecule has 0 radical (unpaired) electrons. The molecule has 2 aliphatic carbocycles. The normalized spacial score (nSPS) is 22.1. The molecule has 2 rings (SSSR count). The molecule has 0 heterocycles. The first-order chi connectivity index (χ1) is 6.18. The van der Waals surface area contributed by atoms with Crippen molar-refractivity contribution in [2.24, 2.45) is 5.92 Å². The number of hydrogen-bond donors (Lipinski definition) is 0. The third kappa shape index (κ3) is 2.17. The molecule has 2 nitrogen and oxygen atoms in total. The summed E-state index contributed by atoms with van der Waals surface area (Å²) in [6.07, 6.45) is 1.19. The van der Waals surface area contributed by atoms with Crippen molar-refractivity contribution < 1.29 is 13.6 Å². The number of alkyl halides is 2. The molecule has 2 saturated carbocycles. The van der Waals surface area contributed by atoms with Gasteiger partial charge in [-0.2, -0.15) is 8.78 Å². The number of carbonyl (C=O) groups excluding carboxylic acids is 1. The van der Waals surface area contributed by atoms with Crippen LogP contribution in [0, 0.1) is 5.92 Å². The first-order valence-corrected chi connectivity index (χ1v) is 4.77. The zero-order chi connectivity index (χ0) is 9.42. The van der Waals surface area contributed by atoms with Crippen molar-refractivity contribution in [3.8, 4) is 0 Å². The van der Waals surface area contributed by atoms with Crippen LogP contribution in [0.2, 0.25) is 0 Å². The Morgan fingerprint density at radius 3 is 2.31 bits per heavy atom. The summed E-state index contributed by atoms with van der Waals surface area (Å²) in [5.41, 5.74) is 0. The van der Waals surface area contributed by atoms with Gasteiger partial charge in [0.2, 0.25) is 0 Å². The number of amides is 1. The highest BCUT2D eigenvalue weighted by Crippen LogP contribution is 2.35. The Balaban J connectivity index is 1.90. The minimum Gasteiger partial charge on any atom is -0.334 e. The molecular formula is C9H13F2NO. The van der Waals surface area contributed by atoms with Crippen LogP contribution >= 0.6 is 0 Å². The van der Waals surface area contributed by atoms with Gasteiger partial charge in [-0.15, -0.1) is 0 Å². The van der Waals surface area contributed by atoms with Gasteiger partial charge < -0.3 is 4.90 Å². The third-order valence-electron chi connectivity index (χ3n) is 2.61. The fourth-order valence-electron chi connectivity index (χ4n) is 1.51. The maximum Gasteiger partial charge on any atom is 0.315 e. The van der Waals surface area contributed by atoms with Crippen molar-refractivity contribution in [1.29, 1.82) is 0 Å². The van der Waals surface area contributed by atoms with Crippen LogP contribution in [0.15, 0.2) is 0 Å². The van der Waals surface area contributed by atoms with E-state index in [1.165, 1.54) is 4.90 Å². The van der Waals surface area contributed by atoms with Crippen molar-refractivity contribution in [3.05, 3.63) is 0 Å². The predicted octanol–water partition coefficient (Wildman–Crippen LogP) is 1.65. The molecule has 0 aliphatic heterocycles. The second-order valence-electron chi connectivity index (χ2n) is 3.97. The first-order valence-electron chi connectivity index (χ1n) is 4.77. The van der Waals surface area contributed by atoms with Crippen molar-refractivity contribution >= 4 is 5.91 Å². The maximum atomic E-state index is 12.1. The van der Waals surface area contributed by atoms with Crippen molar-refractivity contribution in [2.75, 3.05) is 6.54 Å². The van der Waals surface area contributed by atoms with E-state index in [1.54, 1.807) is 0 Å². The van der Waals surface area contributed by atoms with E-state index in [9.17, 15) is 13.6 Å². The van der Waals surface area contributed by atoms with E-state index in [0.717, 1.165) is 25.7 Å². The highest BCUT2D eigenvalue weighted by Gasteiger charge is 2.39. The van der Waals surface area contributed by atoms with E-state index in [2.05, 4.69) is 0 Å². The third-order valence-corrected chi connectivity index (χ3v) is 2.61. The molecule has 13 heavy (non-hydrogen) atoms. The van der Waals surface area contributed by atoms with Crippen LogP contribution in [0.1, 0.15) is 25.7 Å². The summed E-state index contributed by atoms with van der Waals surface area (Å²) >= 11 is 0. The highest BCUT2D eigenvalue weighted by molar-refractivity contribution is 5.80. The van der Waals surface area contributed by atoms with Gasteiger partial charge in [0.1, 0.15) is 0 Å². The van der Waals surface area contributed by atoms with Crippen LogP contribution in [-0.4, -0.2) is 29.8 Å². The van der Waals surface area contributed by atoms with Crippen LogP contribution in [-0.2, 0) is 4.79 Å². The Morgan fingerprint density at radius 2 is 1.92 bits per heavy atom. The van der Waals surface area contributed by atoms with E-state index in [1.807, 2.05) is 0 Å². The minimum atomic E-state index is -2.82. The molecule has 2 aliphatic rings. The molecule has 74 valence electrons. The lowest BCUT2D eigenvalue weighted by Gasteiger charge is -2.21. The van der Waals surface area contributed by atoms with E-state index in [0.29, 0.717) is 12.5 Å². The van der Waals surface area contributed by atoms with E-state index < -0.39 is 12.3 Å². The van der Waals surface area contributed by atoms with Crippen molar-refractivity contribution in [3.63, 3.8) is 0 Å². The minimum absolute atomic E-state index is 0.127. The quantitative estimate of drug-likeness (QED) is 0.658. The van der Waals surface area contributed by atoms with E-state index in [4.69, 9.17) is 0 Å². The number of carbonyl (C=O) groups is 1. The number of rotatable bonds is 4. The summed E-state index contributed by atoms with van der Waals surface area (Å²) in [7, 11) is 0. The summed E-state index contributed by atoms with van der Waals surface area (Å²) in [5.74, 6) is -0.460. The van der Waals surface area contributed by atoms with Gasteiger partial charge in [-0.1, -0.05) is 0 Å². The Kier molecular flexibility index (Phi) is 2.22. The molecular weight excluding hydrogens is 176 g/mol. The second-order valence-corrected chi connectivity index (χ2v) is 3.97. The lowest BCUT2D eigenvalue weighted by molar-refractivity contribution is -0.143. The molecule has 0 aromatic heterocycles. The lowest BCUT2D eigenvalue weighted by Crippen LogP contribution is -2.38. The molecule has 0 N–H and O–H groups in total. The smallest absolute Gasteiger partial charge is 0.315 e. The summed E-state index contributed by atoms with van der Waals surface area (Å²) < 4.78 is 24.3. The number of hydrogen-bond acceptors (Lipinski definition) is 1. The summed E-state index contributed by atoms with van der Waals surface area (Å²) in [5, 5.41) is 0. The molecule has 0 aromatic rings. The monoisotopic (exact) mass is 189 g/mol. The van der Waals surface area contributed by atoms with Crippen LogP contribution < -0.4 is 0 Å². The number of halogens is 2. The largest absolute Gasteiger partial charge is 0.334 e. The molecule has 4 heteroatoms. The van der Waals surface area contributed by atoms with Crippen molar-refractivity contribution in [1.82, 2.24) is 4.90 Å². The average Bonchev–Trinajstić information content (AvgIpc) is 2.90. The predicted molar refractivity (Wildman–Crippen MR) is 43.5 cm³/mol. The average molecular weight is 189 g/mol. The van der Waals surface area contributed by atoms with Crippen LogP contribution in [0.3, 0.4) is 0 Å². The maximum absolute atomic E-state index is 12.1. The van der Waals surface area contributed by atoms with Gasteiger partial charge in [0.15, 0.2) is 0 Å². The van der Waals surface area contributed by atoms with Gasteiger partial charge in [-0.05, 0) is 31.6 Å². The summed E-state index contributed by atoms with van der Waals surface area (Å²) in [6.45, 7) is 0.563. The second kappa shape index (κ2) is 3.24. The lowest BCUT2D eigenvalue weighted by atomic mass is 10.3. The molecule has 0 bridgehead atoms. The molecule has 0 saturated heterocycles. The molecule has 2 fully saturated rings. The Labute approximate surface area is 75.9 Å². The van der Waals surface area contributed by atoms with Gasteiger partial charge in [-0.25, -0.2) is 0 Å². The van der Waals surface area contributed by atoms with Crippen LogP contribution in [0.5, 0.6) is 0 Å². The molecule has 0 spiro atoms. The van der Waals surface area contributed by atoms with Gasteiger partial charge in [-0.3, -0.25) is 4.79 Å². The van der Waals surface area contributed by atoms with E-state index in [-0.39, 0.29) is 6.04 Å². The Hall–Kier alpha value is -0.670. The molecule has 0 aromatic carbocycles. The molecule has 0 atom stereocenters. The van der Waals surface area contributed by atoms with Gasteiger partial charge in [0.05, 0.1) is 0 Å². The fourth-order valence-corrected chi connectivity index (χ4v) is 1.51. The van der Waals surface area contributed by atoms with Crippen LogP contribution in [0.4, 0.5) is 8.78 Å². The Bertz CT molecular complexity index is 212. The van der Waals surface area contributed by atoms with Gasteiger partial charge in [0, 0.05) is 12.6 Å². The summed E-state index contributed by atoms with van der Waals surface area (Å²) in [6, 6.07) is 0.127. The first kappa shape index (κ1) is 8.91. The van der Waals surface area contributed by atoms with E-state index >= 15 is 0 Å². The van der Waals surface area contributed by atoms with Crippen molar-refractivity contribution in [2.45, 2.75) is 38.2 Å².